The highest BCUT2D eigenvalue weighted by Gasteiger charge is 2.19. The van der Waals surface area contributed by atoms with E-state index in [2.05, 4.69) is 4.98 Å². The van der Waals surface area contributed by atoms with E-state index < -0.39 is 5.97 Å². The highest BCUT2D eigenvalue weighted by molar-refractivity contribution is 6.05. The maximum atomic E-state index is 13.2. The van der Waals surface area contributed by atoms with Gasteiger partial charge in [-0.05, 0) is 35.2 Å². The second-order valence-electron chi connectivity index (χ2n) is 8.74. The minimum atomic E-state index is -0.402. The number of aryl methyl sites for hydroxylation is 1. The van der Waals surface area contributed by atoms with E-state index in [9.17, 15) is 4.79 Å². The summed E-state index contributed by atoms with van der Waals surface area (Å²) in [6.07, 6.45) is 1.69. The molecule has 0 radical (unpaired) electrons. The molecular formula is C32H27NO4. The molecule has 0 bridgehead atoms. The Labute approximate surface area is 216 Å². The van der Waals surface area contributed by atoms with Gasteiger partial charge in [-0.25, -0.2) is 4.79 Å². The Bertz CT molecular complexity index is 1490. The number of hydrogen-bond acceptors (Lipinski definition) is 5. The fraction of sp³-hybridized carbons (Fsp3) is 0.125. The van der Waals surface area contributed by atoms with Gasteiger partial charge in [0.2, 0.25) is 0 Å². The largest absolute Gasteiger partial charge is 0.485 e. The Balaban J connectivity index is 1.48. The Hall–Kier alpha value is -4.64. The first kappa shape index (κ1) is 24.1. The summed E-state index contributed by atoms with van der Waals surface area (Å²) in [6, 6.07) is 33.1. The van der Waals surface area contributed by atoms with Crippen LogP contribution in [-0.4, -0.2) is 11.0 Å². The molecule has 5 heteroatoms. The molecule has 0 atom stereocenters. The van der Waals surface area contributed by atoms with E-state index in [0.717, 1.165) is 22.3 Å². The molecule has 0 saturated carbocycles. The topological polar surface area (TPSA) is 57.7 Å². The number of esters is 1. The summed E-state index contributed by atoms with van der Waals surface area (Å²) >= 11 is 0. The Kier molecular flexibility index (Phi) is 7.42. The van der Waals surface area contributed by atoms with Crippen molar-refractivity contribution in [1.82, 2.24) is 4.98 Å². The monoisotopic (exact) mass is 489 g/mol. The molecule has 0 spiro atoms. The van der Waals surface area contributed by atoms with E-state index in [0.29, 0.717) is 41.2 Å². The normalized spacial score (nSPS) is 10.7. The third-order valence-electron chi connectivity index (χ3n) is 6.01. The van der Waals surface area contributed by atoms with Crippen molar-refractivity contribution in [2.24, 2.45) is 0 Å². The lowest BCUT2D eigenvalue weighted by atomic mass is 10.0. The predicted octanol–water partition coefficient (Wildman–Crippen LogP) is 7.06. The van der Waals surface area contributed by atoms with Crippen LogP contribution in [0, 0.1) is 6.92 Å². The highest BCUT2D eigenvalue weighted by atomic mass is 16.5. The lowest BCUT2D eigenvalue weighted by Gasteiger charge is -2.16. The van der Waals surface area contributed by atoms with Gasteiger partial charge in [0.05, 0.1) is 11.1 Å². The molecule has 0 aliphatic heterocycles. The van der Waals surface area contributed by atoms with E-state index in [4.69, 9.17) is 14.2 Å². The molecule has 0 aliphatic carbocycles. The molecule has 5 nitrogen and oxygen atoms in total. The molecule has 1 heterocycles. The standard InChI is InChI=1S/C32H27NO4/c1-23-19-33-28-18-30(36-21-25-13-7-3-8-14-25)29(35-20-24-11-5-2-6-12-24)17-27(28)31(23)32(34)37-22-26-15-9-4-10-16-26/h2-19H,20-22H2,1H3. The SMILES string of the molecule is Cc1cnc2cc(OCc3ccccc3)c(OCc3ccccc3)cc2c1C(=O)OCc1ccccc1. The van der Waals surface area contributed by atoms with E-state index in [1.165, 1.54) is 0 Å². The van der Waals surface area contributed by atoms with Crippen molar-refractivity contribution in [3.63, 3.8) is 0 Å². The van der Waals surface area contributed by atoms with Crippen molar-refractivity contribution < 1.29 is 19.0 Å². The molecule has 5 aromatic rings. The summed E-state index contributed by atoms with van der Waals surface area (Å²) in [4.78, 5) is 17.8. The summed E-state index contributed by atoms with van der Waals surface area (Å²) < 4.78 is 18.1. The van der Waals surface area contributed by atoms with Crippen LogP contribution in [0.2, 0.25) is 0 Å². The molecule has 4 aromatic carbocycles. The molecule has 5 rings (SSSR count). The first-order chi connectivity index (χ1) is 18.2. The molecule has 37 heavy (non-hydrogen) atoms. The molecule has 0 aliphatic rings. The first-order valence-electron chi connectivity index (χ1n) is 12.2. The lowest BCUT2D eigenvalue weighted by molar-refractivity contribution is 0.0474. The molecule has 0 amide bonds. The van der Waals surface area contributed by atoms with Crippen molar-refractivity contribution in [3.05, 3.63) is 137 Å². The third kappa shape index (κ3) is 5.96. The molecule has 184 valence electrons. The van der Waals surface area contributed by atoms with Gasteiger partial charge in [-0.2, -0.15) is 0 Å². The van der Waals surface area contributed by atoms with Crippen LogP contribution in [0.15, 0.2) is 109 Å². The fourth-order valence-electron chi connectivity index (χ4n) is 4.06. The van der Waals surface area contributed by atoms with Crippen LogP contribution in [-0.2, 0) is 24.6 Å². The zero-order valence-electron chi connectivity index (χ0n) is 20.6. The Morgan fingerprint density at radius 2 is 1.16 bits per heavy atom. The first-order valence-corrected chi connectivity index (χ1v) is 12.2. The number of hydrogen-bond donors (Lipinski definition) is 0. The third-order valence-corrected chi connectivity index (χ3v) is 6.01. The molecule has 0 saturated heterocycles. The van der Waals surface area contributed by atoms with Crippen molar-refractivity contribution in [2.45, 2.75) is 26.7 Å². The van der Waals surface area contributed by atoms with Gasteiger partial charge in [-0.3, -0.25) is 4.98 Å². The van der Waals surface area contributed by atoms with Crippen LogP contribution in [0.4, 0.5) is 0 Å². The van der Waals surface area contributed by atoms with Crippen LogP contribution >= 0.6 is 0 Å². The molecule has 1 aromatic heterocycles. The zero-order chi connectivity index (χ0) is 25.5. The maximum Gasteiger partial charge on any atom is 0.339 e. The number of ether oxygens (including phenoxy) is 3. The van der Waals surface area contributed by atoms with Crippen LogP contribution in [0.5, 0.6) is 11.5 Å². The predicted molar refractivity (Wildman–Crippen MR) is 144 cm³/mol. The Morgan fingerprint density at radius 3 is 1.70 bits per heavy atom. The van der Waals surface area contributed by atoms with Crippen LogP contribution in [0.3, 0.4) is 0 Å². The highest BCUT2D eigenvalue weighted by Crippen LogP contribution is 2.35. The van der Waals surface area contributed by atoms with Crippen molar-refractivity contribution in [3.8, 4) is 11.5 Å². The summed E-state index contributed by atoms with van der Waals surface area (Å²) in [5.74, 6) is 0.699. The van der Waals surface area contributed by atoms with Crippen LogP contribution in [0.1, 0.15) is 32.6 Å². The number of carbonyl (C=O) groups is 1. The van der Waals surface area contributed by atoms with E-state index in [-0.39, 0.29) is 6.61 Å². The van der Waals surface area contributed by atoms with Gasteiger partial charge >= 0.3 is 5.97 Å². The summed E-state index contributed by atoms with van der Waals surface area (Å²) in [5.41, 5.74) is 4.83. The van der Waals surface area contributed by atoms with E-state index in [1.54, 1.807) is 6.20 Å². The minimum Gasteiger partial charge on any atom is -0.485 e. The quantitative estimate of drug-likeness (QED) is 0.208. The van der Waals surface area contributed by atoms with Gasteiger partial charge in [0, 0.05) is 17.6 Å². The summed E-state index contributed by atoms with van der Waals surface area (Å²) in [6.45, 7) is 2.79. The smallest absolute Gasteiger partial charge is 0.339 e. The van der Waals surface area contributed by atoms with E-state index in [1.807, 2.05) is 110 Å². The molecule has 0 fully saturated rings. The van der Waals surface area contributed by atoms with Gasteiger partial charge in [0.1, 0.15) is 19.8 Å². The zero-order valence-corrected chi connectivity index (χ0v) is 20.6. The van der Waals surface area contributed by atoms with Gasteiger partial charge in [-0.15, -0.1) is 0 Å². The van der Waals surface area contributed by atoms with Gasteiger partial charge in [0.15, 0.2) is 11.5 Å². The average Bonchev–Trinajstić information content (AvgIpc) is 2.95. The minimum absolute atomic E-state index is 0.193. The average molecular weight is 490 g/mol. The summed E-state index contributed by atoms with van der Waals surface area (Å²) in [5, 5.41) is 0.660. The summed E-state index contributed by atoms with van der Waals surface area (Å²) in [7, 11) is 0. The van der Waals surface area contributed by atoms with Crippen molar-refractivity contribution in [1.29, 1.82) is 0 Å². The fourth-order valence-corrected chi connectivity index (χ4v) is 4.06. The number of benzene rings is 4. The number of nitrogens with zero attached hydrogens (tertiary/aromatic N) is 1. The van der Waals surface area contributed by atoms with Crippen LogP contribution < -0.4 is 9.47 Å². The van der Waals surface area contributed by atoms with E-state index >= 15 is 0 Å². The maximum absolute atomic E-state index is 13.2. The van der Waals surface area contributed by atoms with Gasteiger partial charge in [0.25, 0.3) is 0 Å². The number of pyridine rings is 1. The lowest BCUT2D eigenvalue weighted by Crippen LogP contribution is -2.09. The number of aromatic nitrogens is 1. The second-order valence-corrected chi connectivity index (χ2v) is 8.74. The van der Waals surface area contributed by atoms with Crippen LogP contribution in [0.25, 0.3) is 10.9 Å². The van der Waals surface area contributed by atoms with Gasteiger partial charge in [-0.1, -0.05) is 91.0 Å². The number of rotatable bonds is 9. The second kappa shape index (κ2) is 11.4. The molecule has 0 unspecified atom stereocenters. The molecular weight excluding hydrogens is 462 g/mol. The van der Waals surface area contributed by atoms with Gasteiger partial charge < -0.3 is 14.2 Å². The Morgan fingerprint density at radius 1 is 0.676 bits per heavy atom. The van der Waals surface area contributed by atoms with Crippen molar-refractivity contribution in [2.75, 3.05) is 0 Å². The number of fused-ring (bicyclic) bond motifs is 1. The number of carbonyl (C=O) groups excluding carboxylic acids is 1. The van der Waals surface area contributed by atoms with Crippen molar-refractivity contribution >= 4 is 16.9 Å². The molecule has 0 N–H and O–H groups in total.